The second-order valence-corrected chi connectivity index (χ2v) is 5.69. The Bertz CT molecular complexity index is 981. The van der Waals surface area contributed by atoms with E-state index in [-0.39, 0.29) is 5.57 Å². The molecule has 0 radical (unpaired) electrons. The third kappa shape index (κ3) is 3.93. The summed E-state index contributed by atoms with van der Waals surface area (Å²) in [5.41, 5.74) is 1.71. The fraction of sp³-hybridized carbons (Fsp3) is 0.143. The minimum atomic E-state index is -0.421. The molecule has 0 aliphatic rings. The van der Waals surface area contributed by atoms with Gasteiger partial charge in [-0.05, 0) is 24.1 Å². The Labute approximate surface area is 151 Å². The number of fused-ring (bicyclic) bond motifs is 1. The predicted octanol–water partition coefficient (Wildman–Crippen LogP) is 3.71. The summed E-state index contributed by atoms with van der Waals surface area (Å²) in [4.78, 5) is 12.2. The first-order valence-electron chi connectivity index (χ1n) is 8.21. The molecule has 5 nitrogen and oxygen atoms in total. The standard InChI is InChI=1S/C21H18N2O3/c1-25-19-9-5-8-16-12-18(26-20(16)19)13-17(14-22)21(24)23-11-10-15-6-3-2-4-7-15/h2-9,12-13H,10-11H2,1H3,(H,23,24)/b17-13+. The molecule has 0 spiro atoms. The van der Waals surface area contributed by atoms with Crippen LogP contribution in [0.4, 0.5) is 0 Å². The highest BCUT2D eigenvalue weighted by Crippen LogP contribution is 2.29. The van der Waals surface area contributed by atoms with Gasteiger partial charge in [-0.25, -0.2) is 0 Å². The average molecular weight is 346 g/mol. The number of benzene rings is 2. The maximum absolute atomic E-state index is 12.2. The van der Waals surface area contributed by atoms with Gasteiger partial charge in [-0.1, -0.05) is 42.5 Å². The molecule has 3 rings (SSSR count). The fourth-order valence-corrected chi connectivity index (χ4v) is 2.64. The Balaban J connectivity index is 1.71. The Morgan fingerprint density at radius 1 is 1.23 bits per heavy atom. The smallest absolute Gasteiger partial charge is 0.262 e. The predicted molar refractivity (Wildman–Crippen MR) is 99.5 cm³/mol. The number of hydrogen-bond acceptors (Lipinski definition) is 4. The van der Waals surface area contributed by atoms with Gasteiger partial charge in [-0.3, -0.25) is 4.79 Å². The van der Waals surface area contributed by atoms with Gasteiger partial charge in [0.15, 0.2) is 11.3 Å². The molecule has 1 aromatic heterocycles. The van der Waals surface area contributed by atoms with Crippen LogP contribution in [-0.4, -0.2) is 19.6 Å². The lowest BCUT2D eigenvalue weighted by Crippen LogP contribution is -2.26. The van der Waals surface area contributed by atoms with Crippen LogP contribution in [0, 0.1) is 11.3 Å². The minimum Gasteiger partial charge on any atom is -0.493 e. The van der Waals surface area contributed by atoms with E-state index in [9.17, 15) is 10.1 Å². The van der Waals surface area contributed by atoms with E-state index in [2.05, 4.69) is 5.32 Å². The van der Waals surface area contributed by atoms with Crippen LogP contribution >= 0.6 is 0 Å². The highest BCUT2D eigenvalue weighted by atomic mass is 16.5. The third-order valence-electron chi connectivity index (χ3n) is 3.94. The molecule has 0 fully saturated rings. The van der Waals surface area contributed by atoms with Crippen LogP contribution in [0.25, 0.3) is 17.0 Å². The molecule has 1 N–H and O–H groups in total. The van der Waals surface area contributed by atoms with Gasteiger partial charge in [0.25, 0.3) is 5.91 Å². The second-order valence-electron chi connectivity index (χ2n) is 5.69. The van der Waals surface area contributed by atoms with E-state index in [4.69, 9.17) is 9.15 Å². The summed E-state index contributed by atoms with van der Waals surface area (Å²) >= 11 is 0. The van der Waals surface area contributed by atoms with Crippen molar-refractivity contribution in [2.75, 3.05) is 13.7 Å². The molecule has 1 amide bonds. The zero-order valence-electron chi connectivity index (χ0n) is 14.4. The van der Waals surface area contributed by atoms with Crippen LogP contribution in [-0.2, 0) is 11.2 Å². The highest BCUT2D eigenvalue weighted by molar-refractivity contribution is 6.01. The lowest BCUT2D eigenvalue weighted by atomic mass is 10.1. The fourth-order valence-electron chi connectivity index (χ4n) is 2.64. The van der Waals surface area contributed by atoms with Crippen LogP contribution in [0.3, 0.4) is 0 Å². The van der Waals surface area contributed by atoms with Gasteiger partial charge >= 0.3 is 0 Å². The number of methoxy groups -OCH3 is 1. The molecule has 26 heavy (non-hydrogen) atoms. The monoisotopic (exact) mass is 346 g/mol. The van der Waals surface area contributed by atoms with E-state index in [1.807, 2.05) is 48.5 Å². The molecule has 1 heterocycles. The van der Waals surface area contributed by atoms with Crippen molar-refractivity contribution < 1.29 is 13.9 Å². The van der Waals surface area contributed by atoms with E-state index in [0.717, 1.165) is 10.9 Å². The van der Waals surface area contributed by atoms with Gasteiger partial charge in [0, 0.05) is 18.0 Å². The number of rotatable bonds is 6. The molecule has 0 atom stereocenters. The first-order chi connectivity index (χ1) is 12.7. The Kier molecular flexibility index (Phi) is 5.35. The molecule has 0 aliphatic heterocycles. The van der Waals surface area contributed by atoms with E-state index in [1.54, 1.807) is 19.2 Å². The van der Waals surface area contributed by atoms with Gasteiger partial charge in [0.05, 0.1) is 7.11 Å². The quantitative estimate of drug-likeness (QED) is 0.545. The van der Waals surface area contributed by atoms with Gasteiger partial charge in [-0.2, -0.15) is 5.26 Å². The van der Waals surface area contributed by atoms with Crippen molar-refractivity contribution in [1.82, 2.24) is 5.32 Å². The number of nitrogens with one attached hydrogen (secondary N) is 1. The van der Waals surface area contributed by atoms with E-state index >= 15 is 0 Å². The Hall–Kier alpha value is -3.52. The molecule has 130 valence electrons. The number of furan rings is 1. The molecular weight excluding hydrogens is 328 g/mol. The molecule has 2 aromatic carbocycles. The Morgan fingerprint density at radius 3 is 2.77 bits per heavy atom. The summed E-state index contributed by atoms with van der Waals surface area (Å²) in [6.45, 7) is 0.454. The Morgan fingerprint density at radius 2 is 2.04 bits per heavy atom. The van der Waals surface area contributed by atoms with E-state index in [1.165, 1.54) is 6.08 Å². The van der Waals surface area contributed by atoms with Gasteiger partial charge in [-0.15, -0.1) is 0 Å². The SMILES string of the molecule is COc1cccc2cc(/C=C(\C#N)C(=O)NCCc3ccccc3)oc12. The summed E-state index contributed by atoms with van der Waals surface area (Å²) in [6.07, 6.45) is 2.14. The van der Waals surface area contributed by atoms with Crippen LogP contribution in [0.15, 0.2) is 64.6 Å². The average Bonchev–Trinajstić information content (AvgIpc) is 3.09. The maximum atomic E-state index is 12.2. The van der Waals surface area contributed by atoms with Gasteiger partial charge < -0.3 is 14.5 Å². The van der Waals surface area contributed by atoms with Gasteiger partial charge in [0.1, 0.15) is 17.4 Å². The third-order valence-corrected chi connectivity index (χ3v) is 3.94. The topological polar surface area (TPSA) is 75.3 Å². The molecule has 0 saturated carbocycles. The first kappa shape index (κ1) is 17.3. The molecule has 0 unspecified atom stereocenters. The van der Waals surface area contributed by atoms with E-state index < -0.39 is 5.91 Å². The number of carbonyl (C=O) groups is 1. The van der Waals surface area contributed by atoms with Crippen LogP contribution < -0.4 is 10.1 Å². The summed E-state index contributed by atoms with van der Waals surface area (Å²) < 4.78 is 11.0. The number of hydrogen-bond donors (Lipinski definition) is 1. The molecular formula is C21H18N2O3. The zero-order valence-corrected chi connectivity index (χ0v) is 14.4. The summed E-state index contributed by atoms with van der Waals surface area (Å²) in [6, 6.07) is 19.1. The molecule has 0 saturated heterocycles. The highest BCUT2D eigenvalue weighted by Gasteiger charge is 2.12. The summed E-state index contributed by atoms with van der Waals surface area (Å²) in [5.74, 6) is 0.614. The lowest BCUT2D eigenvalue weighted by Gasteiger charge is -2.04. The summed E-state index contributed by atoms with van der Waals surface area (Å²) in [5, 5.41) is 12.9. The largest absolute Gasteiger partial charge is 0.493 e. The minimum absolute atomic E-state index is 0.00363. The summed E-state index contributed by atoms with van der Waals surface area (Å²) in [7, 11) is 1.56. The number of para-hydroxylation sites is 1. The van der Waals surface area contributed by atoms with Crippen molar-refractivity contribution >= 4 is 23.0 Å². The van der Waals surface area contributed by atoms with Crippen molar-refractivity contribution in [3.8, 4) is 11.8 Å². The maximum Gasteiger partial charge on any atom is 0.262 e. The zero-order chi connectivity index (χ0) is 18.4. The van der Waals surface area contributed by atoms with Gasteiger partial charge in [0.2, 0.25) is 0 Å². The number of ether oxygens (including phenoxy) is 1. The van der Waals surface area contributed by atoms with Crippen LogP contribution in [0.1, 0.15) is 11.3 Å². The number of nitrogens with zero attached hydrogens (tertiary/aromatic N) is 1. The van der Waals surface area contributed by atoms with Crippen LogP contribution in [0.2, 0.25) is 0 Å². The lowest BCUT2D eigenvalue weighted by molar-refractivity contribution is -0.117. The second kappa shape index (κ2) is 8.04. The van der Waals surface area contributed by atoms with Crippen LogP contribution in [0.5, 0.6) is 5.75 Å². The molecule has 5 heteroatoms. The van der Waals surface area contributed by atoms with Crippen molar-refractivity contribution in [3.63, 3.8) is 0 Å². The van der Waals surface area contributed by atoms with E-state index in [0.29, 0.717) is 30.1 Å². The van der Waals surface area contributed by atoms with Crippen molar-refractivity contribution in [2.45, 2.75) is 6.42 Å². The van der Waals surface area contributed by atoms with Crippen molar-refractivity contribution in [3.05, 3.63) is 71.5 Å². The molecule has 0 bridgehead atoms. The van der Waals surface area contributed by atoms with Crippen molar-refractivity contribution in [1.29, 1.82) is 5.26 Å². The molecule has 0 aliphatic carbocycles. The first-order valence-corrected chi connectivity index (χ1v) is 8.21. The number of amides is 1. The van der Waals surface area contributed by atoms with Crippen molar-refractivity contribution in [2.24, 2.45) is 0 Å². The number of carbonyl (C=O) groups excluding carboxylic acids is 1. The molecule has 3 aromatic rings. The number of nitriles is 1. The normalized spacial score (nSPS) is 11.2.